The quantitative estimate of drug-likeness (QED) is 0.739. The number of benzene rings is 1. The number of hydrogen-bond donors (Lipinski definition) is 0. The molecule has 0 aromatic heterocycles. The van der Waals surface area contributed by atoms with Crippen LogP contribution in [-0.4, -0.2) is 13.5 Å². The molecule has 15 heavy (non-hydrogen) atoms. The highest BCUT2D eigenvalue weighted by molar-refractivity contribution is 5.28. The van der Waals surface area contributed by atoms with E-state index in [9.17, 15) is 8.78 Å². The van der Waals surface area contributed by atoms with Gasteiger partial charge in [0, 0.05) is 6.92 Å². The van der Waals surface area contributed by atoms with E-state index in [0.717, 1.165) is 0 Å². The Labute approximate surface area is 90.1 Å². The zero-order valence-electron chi connectivity index (χ0n) is 9.63. The van der Waals surface area contributed by atoms with Gasteiger partial charge in [-0.3, -0.25) is 4.39 Å². The summed E-state index contributed by atoms with van der Waals surface area (Å²) in [5, 5.41) is 0. The second-order valence-electron chi connectivity index (χ2n) is 3.38. The fourth-order valence-corrected chi connectivity index (χ4v) is 1.12. The summed E-state index contributed by atoms with van der Waals surface area (Å²) < 4.78 is 26.8. The van der Waals surface area contributed by atoms with E-state index in [4.69, 9.17) is 4.74 Å². The summed E-state index contributed by atoms with van der Waals surface area (Å²) in [5.74, 6) is 1.08. The zero-order valence-corrected chi connectivity index (χ0v) is 9.63. The molecule has 0 aliphatic rings. The van der Waals surface area contributed by atoms with Crippen LogP contribution in [0.15, 0.2) is 24.3 Å². The van der Waals surface area contributed by atoms with Gasteiger partial charge < -0.3 is 4.74 Å². The Hall–Kier alpha value is -1.12. The molecule has 0 bridgehead atoms. The van der Waals surface area contributed by atoms with Gasteiger partial charge in [-0.15, -0.1) is 0 Å². The van der Waals surface area contributed by atoms with Crippen LogP contribution < -0.4 is 4.74 Å². The second-order valence-corrected chi connectivity index (χ2v) is 3.38. The van der Waals surface area contributed by atoms with Crippen molar-refractivity contribution in [2.24, 2.45) is 0 Å². The van der Waals surface area contributed by atoms with E-state index in [1.54, 1.807) is 12.1 Å². The molecule has 3 heteroatoms. The Morgan fingerprint density at radius 2 is 1.47 bits per heavy atom. The fourth-order valence-electron chi connectivity index (χ4n) is 1.12. The fraction of sp³-hybridized carbons (Fsp3) is 0.500. The molecule has 0 aliphatic heterocycles. The lowest BCUT2D eigenvalue weighted by Gasteiger charge is -2.09. The Balaban J connectivity index is 0.000000921. The van der Waals surface area contributed by atoms with Crippen molar-refractivity contribution >= 4 is 0 Å². The maximum absolute atomic E-state index is 12.4. The Bertz CT molecular complexity index is 255. The molecule has 1 aromatic carbocycles. The molecule has 0 N–H and O–H groups in total. The van der Waals surface area contributed by atoms with E-state index in [1.807, 2.05) is 12.1 Å². The van der Waals surface area contributed by atoms with Crippen LogP contribution in [0.25, 0.3) is 0 Å². The van der Waals surface area contributed by atoms with Crippen LogP contribution in [0.1, 0.15) is 32.3 Å². The topological polar surface area (TPSA) is 9.23 Å². The summed E-state index contributed by atoms with van der Waals surface area (Å²) in [5.41, 5.74) is 1.24. The molecule has 0 saturated heterocycles. The van der Waals surface area contributed by atoms with E-state index >= 15 is 0 Å². The highest BCUT2D eigenvalue weighted by Crippen LogP contribution is 2.19. The molecular weight excluding hydrogens is 198 g/mol. The minimum absolute atomic E-state index is 0.497. The third-order valence-electron chi connectivity index (χ3n) is 1.85. The summed E-state index contributed by atoms with van der Waals surface area (Å²) in [6, 6.07) is 7.52. The van der Waals surface area contributed by atoms with Crippen LogP contribution in [-0.2, 0) is 0 Å². The largest absolute Gasteiger partial charge is 0.461 e. The van der Waals surface area contributed by atoms with Crippen molar-refractivity contribution in [3.63, 3.8) is 0 Å². The van der Waals surface area contributed by atoms with Crippen LogP contribution in [0.4, 0.5) is 8.78 Å². The molecule has 0 saturated carbocycles. The number of hydrogen-bond acceptors (Lipinski definition) is 1. The van der Waals surface area contributed by atoms with Gasteiger partial charge in [0.1, 0.15) is 5.75 Å². The van der Waals surface area contributed by atoms with Crippen molar-refractivity contribution in [3.05, 3.63) is 29.8 Å². The second kappa shape index (κ2) is 7.21. The third-order valence-corrected chi connectivity index (χ3v) is 1.85. The van der Waals surface area contributed by atoms with Crippen LogP contribution >= 0.6 is 0 Å². The highest BCUT2D eigenvalue weighted by Gasteiger charge is 2.01. The zero-order chi connectivity index (χ0) is 11.8. The van der Waals surface area contributed by atoms with Crippen molar-refractivity contribution in [1.29, 1.82) is 0 Å². The van der Waals surface area contributed by atoms with Gasteiger partial charge in [0.2, 0.25) is 6.36 Å². The average molecular weight is 216 g/mol. The molecule has 1 aromatic rings. The normalized spacial score (nSPS) is 11.7. The van der Waals surface area contributed by atoms with E-state index in [2.05, 4.69) is 13.8 Å². The highest BCUT2D eigenvalue weighted by atomic mass is 19.1. The van der Waals surface area contributed by atoms with Crippen molar-refractivity contribution in [2.75, 3.05) is 7.18 Å². The Morgan fingerprint density at radius 1 is 1.00 bits per heavy atom. The molecule has 1 nitrogen and oxygen atoms in total. The minimum Gasteiger partial charge on any atom is -0.461 e. The van der Waals surface area contributed by atoms with Gasteiger partial charge in [0.15, 0.2) is 0 Å². The van der Waals surface area contributed by atoms with E-state index in [-0.39, 0.29) is 0 Å². The molecule has 0 amide bonds. The molecule has 0 fully saturated rings. The van der Waals surface area contributed by atoms with Gasteiger partial charge >= 0.3 is 0 Å². The number of alkyl halides is 2. The lowest BCUT2D eigenvalue weighted by Crippen LogP contribution is -2.03. The molecule has 86 valence electrons. The first kappa shape index (κ1) is 13.9. The van der Waals surface area contributed by atoms with Crippen molar-refractivity contribution in [1.82, 2.24) is 0 Å². The Kier molecular flexibility index (Phi) is 6.67. The molecule has 0 heterocycles. The van der Waals surface area contributed by atoms with E-state index in [1.165, 1.54) is 12.5 Å². The lowest BCUT2D eigenvalue weighted by atomic mass is 10.0. The number of ether oxygens (including phenoxy) is 1. The van der Waals surface area contributed by atoms with Gasteiger partial charge in [-0.2, -0.15) is 0 Å². The van der Waals surface area contributed by atoms with Gasteiger partial charge in [-0.25, -0.2) is 4.39 Å². The SMILES string of the molecule is CC(F)Oc1ccc(C(C)C)cc1.CF. The summed E-state index contributed by atoms with van der Waals surface area (Å²) >= 11 is 0. The van der Waals surface area contributed by atoms with E-state index in [0.29, 0.717) is 18.8 Å². The van der Waals surface area contributed by atoms with Crippen LogP contribution in [0.3, 0.4) is 0 Å². The van der Waals surface area contributed by atoms with Gasteiger partial charge in [-0.05, 0) is 23.6 Å². The molecule has 0 aliphatic carbocycles. The average Bonchev–Trinajstić information content (AvgIpc) is 2.20. The van der Waals surface area contributed by atoms with Crippen molar-refractivity contribution in [3.8, 4) is 5.75 Å². The summed E-state index contributed by atoms with van der Waals surface area (Å²) in [6.07, 6.45) is -1.25. The molecule has 1 rings (SSSR count). The molecule has 1 unspecified atom stereocenters. The summed E-state index contributed by atoms with van der Waals surface area (Å²) in [4.78, 5) is 0. The lowest BCUT2D eigenvalue weighted by molar-refractivity contribution is 0.0860. The first-order valence-corrected chi connectivity index (χ1v) is 4.88. The molecular formula is C12H18F2O. The van der Waals surface area contributed by atoms with Gasteiger partial charge in [0.25, 0.3) is 0 Å². The summed E-state index contributed by atoms with van der Waals surface area (Å²) in [6.45, 7) is 5.61. The van der Waals surface area contributed by atoms with Gasteiger partial charge in [-0.1, -0.05) is 26.0 Å². The predicted molar refractivity (Wildman–Crippen MR) is 58.8 cm³/mol. The van der Waals surface area contributed by atoms with Gasteiger partial charge in [0.05, 0.1) is 7.18 Å². The summed E-state index contributed by atoms with van der Waals surface area (Å²) in [7, 11) is 0.500. The molecule has 1 atom stereocenters. The molecule has 0 radical (unpaired) electrons. The van der Waals surface area contributed by atoms with Crippen LogP contribution in [0.2, 0.25) is 0 Å². The standard InChI is InChI=1S/C11H15FO.CH3F/c1-8(2)10-4-6-11(7-5-10)13-9(3)12;1-2/h4-9H,1-3H3;1H3. The smallest absolute Gasteiger partial charge is 0.235 e. The maximum Gasteiger partial charge on any atom is 0.235 e. The van der Waals surface area contributed by atoms with E-state index < -0.39 is 6.36 Å². The molecule has 0 spiro atoms. The van der Waals surface area contributed by atoms with Crippen molar-refractivity contribution in [2.45, 2.75) is 33.0 Å². The predicted octanol–water partition coefficient (Wildman–Crippen LogP) is 4.09. The Morgan fingerprint density at radius 3 is 1.80 bits per heavy atom. The van der Waals surface area contributed by atoms with Crippen LogP contribution in [0, 0.1) is 0 Å². The monoisotopic (exact) mass is 216 g/mol. The van der Waals surface area contributed by atoms with Crippen LogP contribution in [0.5, 0.6) is 5.75 Å². The number of halogens is 2. The van der Waals surface area contributed by atoms with Crippen molar-refractivity contribution < 1.29 is 13.5 Å². The third kappa shape index (κ3) is 5.35. The maximum atomic E-state index is 12.4. The minimum atomic E-state index is -1.25. The number of rotatable bonds is 3. The first-order valence-electron chi connectivity index (χ1n) is 4.88. The first-order chi connectivity index (χ1) is 7.09.